The van der Waals surface area contributed by atoms with Gasteiger partial charge in [0.05, 0.1) is 6.42 Å². The molecule has 0 rings (SSSR count). The van der Waals surface area contributed by atoms with Crippen LogP contribution in [0.3, 0.4) is 0 Å². The van der Waals surface area contributed by atoms with Gasteiger partial charge in [-0.15, -0.1) is 0 Å². The van der Waals surface area contributed by atoms with Crippen LogP contribution in [0.15, 0.2) is 0 Å². The number of nitrogens with two attached hydrogens (primary N) is 1. The fourth-order valence-electron chi connectivity index (χ4n) is 0.925. The fraction of sp³-hybridized carbons (Fsp3) is 0.750. The van der Waals surface area contributed by atoms with Crippen molar-refractivity contribution in [3.05, 3.63) is 0 Å². The third-order valence-corrected chi connectivity index (χ3v) is 1.69. The van der Waals surface area contributed by atoms with Crippen LogP contribution in [0, 0.1) is 0 Å². The normalized spacial score (nSPS) is 9.57. The minimum Gasteiger partial charge on any atom is -0.481 e. The van der Waals surface area contributed by atoms with Gasteiger partial charge in [0.2, 0.25) is 0 Å². The van der Waals surface area contributed by atoms with Crippen molar-refractivity contribution in [1.82, 2.24) is 10.2 Å². The maximum absolute atomic E-state index is 11.3. The maximum Gasteiger partial charge on any atom is 0.317 e. The van der Waals surface area contributed by atoms with E-state index in [-0.39, 0.29) is 19.0 Å². The molecule has 0 bridgehead atoms. The lowest BCUT2D eigenvalue weighted by Crippen LogP contribution is -2.42. The number of amides is 2. The van der Waals surface area contributed by atoms with Crippen LogP contribution < -0.4 is 11.1 Å². The number of aliphatic carboxylic acids is 1. The largest absolute Gasteiger partial charge is 0.481 e. The summed E-state index contributed by atoms with van der Waals surface area (Å²) >= 11 is 0. The zero-order valence-corrected chi connectivity index (χ0v) is 8.32. The molecule has 0 aromatic rings. The highest BCUT2D eigenvalue weighted by Crippen LogP contribution is 1.92. The van der Waals surface area contributed by atoms with E-state index in [1.165, 1.54) is 4.90 Å². The Hall–Kier alpha value is -1.30. The van der Waals surface area contributed by atoms with E-state index in [4.69, 9.17) is 10.8 Å². The number of carboxylic acid groups (broad SMARTS) is 1. The van der Waals surface area contributed by atoms with Crippen LogP contribution in [0.4, 0.5) is 4.79 Å². The molecule has 0 aliphatic rings. The number of urea groups is 1. The van der Waals surface area contributed by atoms with Crippen LogP contribution in [0.2, 0.25) is 0 Å². The molecule has 0 spiro atoms. The van der Waals surface area contributed by atoms with E-state index in [1.54, 1.807) is 6.92 Å². The van der Waals surface area contributed by atoms with Crippen LogP contribution in [-0.2, 0) is 4.79 Å². The minimum atomic E-state index is -0.907. The number of carbonyl (C=O) groups is 2. The summed E-state index contributed by atoms with van der Waals surface area (Å²) in [5.41, 5.74) is 5.21. The summed E-state index contributed by atoms with van der Waals surface area (Å²) in [6.07, 6.45) is -0.0378. The molecular weight excluding hydrogens is 186 g/mol. The molecule has 0 unspecified atom stereocenters. The van der Waals surface area contributed by atoms with E-state index in [0.29, 0.717) is 19.6 Å². The molecule has 0 saturated heterocycles. The average molecular weight is 203 g/mol. The molecule has 0 aromatic heterocycles. The van der Waals surface area contributed by atoms with Crippen molar-refractivity contribution < 1.29 is 14.7 Å². The van der Waals surface area contributed by atoms with E-state index >= 15 is 0 Å². The number of nitrogens with zero attached hydrogens (tertiary/aromatic N) is 1. The predicted molar refractivity (Wildman–Crippen MR) is 52.0 cm³/mol. The van der Waals surface area contributed by atoms with Crippen LogP contribution >= 0.6 is 0 Å². The molecule has 6 heteroatoms. The highest BCUT2D eigenvalue weighted by Gasteiger charge is 2.11. The van der Waals surface area contributed by atoms with E-state index in [2.05, 4.69) is 5.32 Å². The van der Waals surface area contributed by atoms with Gasteiger partial charge in [-0.25, -0.2) is 4.79 Å². The monoisotopic (exact) mass is 203 g/mol. The molecule has 0 saturated carbocycles. The number of hydrogen-bond donors (Lipinski definition) is 3. The van der Waals surface area contributed by atoms with Gasteiger partial charge in [0.15, 0.2) is 0 Å². The van der Waals surface area contributed by atoms with Gasteiger partial charge in [-0.05, 0) is 6.92 Å². The van der Waals surface area contributed by atoms with E-state index < -0.39 is 5.97 Å². The lowest BCUT2D eigenvalue weighted by atomic mass is 10.4. The molecule has 0 aliphatic carbocycles. The summed E-state index contributed by atoms with van der Waals surface area (Å²) in [4.78, 5) is 23.0. The van der Waals surface area contributed by atoms with Crippen molar-refractivity contribution in [3.63, 3.8) is 0 Å². The summed E-state index contributed by atoms with van der Waals surface area (Å²) in [6, 6.07) is -0.265. The van der Waals surface area contributed by atoms with Gasteiger partial charge in [-0.2, -0.15) is 0 Å². The summed E-state index contributed by atoms with van der Waals surface area (Å²) in [5.74, 6) is -0.907. The summed E-state index contributed by atoms with van der Waals surface area (Å²) < 4.78 is 0. The number of nitrogens with one attached hydrogen (secondary N) is 1. The Morgan fingerprint density at radius 3 is 2.57 bits per heavy atom. The number of carbonyl (C=O) groups excluding carboxylic acids is 1. The topological polar surface area (TPSA) is 95.7 Å². The van der Waals surface area contributed by atoms with Gasteiger partial charge in [0, 0.05) is 26.2 Å². The van der Waals surface area contributed by atoms with Crippen LogP contribution in [0.1, 0.15) is 13.3 Å². The molecule has 0 heterocycles. The second-order valence-corrected chi connectivity index (χ2v) is 2.74. The predicted octanol–water partition coefficient (Wildman–Crippen LogP) is -0.549. The lowest BCUT2D eigenvalue weighted by molar-refractivity contribution is -0.137. The molecule has 0 atom stereocenters. The van der Waals surface area contributed by atoms with Crippen LogP contribution in [0.5, 0.6) is 0 Å². The van der Waals surface area contributed by atoms with Gasteiger partial charge in [-0.1, -0.05) is 0 Å². The molecular formula is C8H17N3O3. The molecule has 4 N–H and O–H groups in total. The first-order valence-corrected chi connectivity index (χ1v) is 4.56. The zero-order valence-electron chi connectivity index (χ0n) is 8.32. The minimum absolute atomic E-state index is 0.0378. The lowest BCUT2D eigenvalue weighted by Gasteiger charge is -2.20. The van der Waals surface area contributed by atoms with Gasteiger partial charge in [0.1, 0.15) is 0 Å². The van der Waals surface area contributed by atoms with Crippen molar-refractivity contribution in [1.29, 1.82) is 0 Å². The van der Waals surface area contributed by atoms with Gasteiger partial charge in [-0.3, -0.25) is 4.79 Å². The zero-order chi connectivity index (χ0) is 11.0. The highest BCUT2D eigenvalue weighted by atomic mass is 16.4. The van der Waals surface area contributed by atoms with Crippen molar-refractivity contribution in [2.45, 2.75) is 13.3 Å². The maximum atomic E-state index is 11.3. The van der Waals surface area contributed by atoms with Crippen LogP contribution in [0.25, 0.3) is 0 Å². The van der Waals surface area contributed by atoms with Gasteiger partial charge in [0.25, 0.3) is 0 Å². The van der Waals surface area contributed by atoms with Crippen molar-refractivity contribution in [2.24, 2.45) is 5.73 Å². The first-order chi connectivity index (χ1) is 6.61. The Morgan fingerprint density at radius 1 is 1.50 bits per heavy atom. The molecule has 0 fully saturated rings. The first kappa shape index (κ1) is 12.7. The summed E-state index contributed by atoms with van der Waals surface area (Å²) in [5, 5.41) is 11.0. The standard InChI is InChI=1S/C8H17N3O3/c1-2-11(6-3-7(12)13)8(14)10-5-4-9/h2-6,9H2,1H3,(H,10,14)(H,12,13). The quantitative estimate of drug-likeness (QED) is 0.539. The second kappa shape index (κ2) is 7.14. The fourth-order valence-corrected chi connectivity index (χ4v) is 0.925. The molecule has 14 heavy (non-hydrogen) atoms. The Kier molecular flexibility index (Phi) is 6.47. The Labute approximate surface area is 83.1 Å². The molecule has 82 valence electrons. The molecule has 0 radical (unpaired) electrons. The summed E-state index contributed by atoms with van der Waals surface area (Å²) in [7, 11) is 0. The molecule has 0 aromatic carbocycles. The Balaban J connectivity index is 3.86. The van der Waals surface area contributed by atoms with E-state index in [9.17, 15) is 9.59 Å². The third kappa shape index (κ3) is 5.36. The van der Waals surface area contributed by atoms with E-state index in [0.717, 1.165) is 0 Å². The van der Waals surface area contributed by atoms with E-state index in [1.807, 2.05) is 0 Å². The molecule has 0 aliphatic heterocycles. The average Bonchev–Trinajstić information content (AvgIpc) is 2.15. The Bertz CT molecular complexity index is 196. The second-order valence-electron chi connectivity index (χ2n) is 2.74. The number of carboxylic acids is 1. The van der Waals surface area contributed by atoms with Crippen molar-refractivity contribution >= 4 is 12.0 Å². The number of hydrogen-bond acceptors (Lipinski definition) is 3. The molecule has 2 amide bonds. The van der Waals surface area contributed by atoms with Crippen LogP contribution in [-0.4, -0.2) is 48.2 Å². The third-order valence-electron chi connectivity index (χ3n) is 1.69. The van der Waals surface area contributed by atoms with Crippen molar-refractivity contribution in [2.75, 3.05) is 26.2 Å². The smallest absolute Gasteiger partial charge is 0.317 e. The SMILES string of the molecule is CCN(CCC(=O)O)C(=O)NCCN. The molecule has 6 nitrogen and oxygen atoms in total. The van der Waals surface area contributed by atoms with Crippen molar-refractivity contribution in [3.8, 4) is 0 Å². The Morgan fingerprint density at radius 2 is 2.14 bits per heavy atom. The van der Waals surface area contributed by atoms with Gasteiger partial charge < -0.3 is 21.1 Å². The summed E-state index contributed by atoms with van der Waals surface area (Å²) in [6.45, 7) is 3.29. The van der Waals surface area contributed by atoms with Gasteiger partial charge >= 0.3 is 12.0 Å². The highest BCUT2D eigenvalue weighted by molar-refractivity contribution is 5.75. The first-order valence-electron chi connectivity index (χ1n) is 4.56. The number of rotatable bonds is 6.